The molecule has 1 aromatic heterocycles. The Morgan fingerprint density at radius 1 is 1.24 bits per heavy atom. The molecule has 8 heteroatoms. The number of carbonyl (C=O) groups excluding carboxylic acids is 2. The number of hydrogen-bond acceptors (Lipinski definition) is 6. The van der Waals surface area contributed by atoms with Gasteiger partial charge < -0.3 is 19.5 Å². The third kappa shape index (κ3) is 4.11. The lowest BCUT2D eigenvalue weighted by atomic mass is 9.98. The van der Waals surface area contributed by atoms with Gasteiger partial charge in [-0.1, -0.05) is 17.7 Å². The zero-order valence-electron chi connectivity index (χ0n) is 16.1. The van der Waals surface area contributed by atoms with Crippen LogP contribution < -0.4 is 4.74 Å². The average Bonchev–Trinajstić information content (AvgIpc) is 2.99. The van der Waals surface area contributed by atoms with Gasteiger partial charge in [-0.15, -0.1) is 0 Å². The number of benzene rings is 1. The maximum atomic E-state index is 12.9. The van der Waals surface area contributed by atoms with Gasteiger partial charge in [0.25, 0.3) is 11.7 Å². The van der Waals surface area contributed by atoms with Gasteiger partial charge in [0.05, 0.1) is 23.4 Å². The third-order valence-corrected chi connectivity index (χ3v) is 5.01. The van der Waals surface area contributed by atoms with Crippen molar-refractivity contribution in [2.24, 2.45) is 0 Å². The lowest BCUT2D eigenvalue weighted by Crippen LogP contribution is -2.31. The van der Waals surface area contributed by atoms with E-state index < -0.39 is 17.7 Å². The van der Waals surface area contributed by atoms with Crippen molar-refractivity contribution in [1.29, 1.82) is 0 Å². The van der Waals surface area contributed by atoms with Crippen molar-refractivity contribution < 1.29 is 24.2 Å². The monoisotopic (exact) mass is 416 g/mol. The zero-order valence-corrected chi connectivity index (χ0v) is 16.8. The molecular formula is C21H21ClN2O5. The summed E-state index contributed by atoms with van der Waals surface area (Å²) in [5, 5.41) is 11.2. The third-order valence-electron chi connectivity index (χ3n) is 4.68. The summed E-state index contributed by atoms with van der Waals surface area (Å²) in [6, 6.07) is 9.09. The largest absolute Gasteiger partial charge is 0.507 e. The normalized spacial score (nSPS) is 18.3. The first-order valence-corrected chi connectivity index (χ1v) is 9.39. The van der Waals surface area contributed by atoms with E-state index in [0.29, 0.717) is 24.5 Å². The van der Waals surface area contributed by atoms with Crippen molar-refractivity contribution in [3.05, 3.63) is 64.4 Å². The Morgan fingerprint density at radius 3 is 2.69 bits per heavy atom. The van der Waals surface area contributed by atoms with Crippen LogP contribution in [0.2, 0.25) is 5.02 Å². The molecule has 1 N–H and O–H groups in total. The number of amides is 1. The number of aliphatic hydroxyl groups excluding tert-OH is 1. The van der Waals surface area contributed by atoms with E-state index in [1.54, 1.807) is 43.6 Å². The number of nitrogens with zero attached hydrogens (tertiary/aromatic N) is 2. The molecule has 1 aliphatic heterocycles. The molecule has 0 spiro atoms. The lowest BCUT2D eigenvalue weighted by molar-refractivity contribution is -0.140. The predicted molar refractivity (Wildman–Crippen MR) is 108 cm³/mol. The summed E-state index contributed by atoms with van der Waals surface area (Å²) in [5.74, 6) is -1.39. The number of likely N-dealkylation sites (tertiary alicyclic amines) is 1. The van der Waals surface area contributed by atoms with Crippen LogP contribution in [0.3, 0.4) is 0 Å². The van der Waals surface area contributed by atoms with E-state index in [1.165, 1.54) is 18.1 Å². The van der Waals surface area contributed by atoms with Crippen LogP contribution in [-0.4, -0.2) is 54.1 Å². The summed E-state index contributed by atoms with van der Waals surface area (Å²) in [6.07, 6.45) is 2.11. The Morgan fingerprint density at radius 2 is 2.03 bits per heavy atom. The molecule has 7 nitrogen and oxygen atoms in total. The number of hydrogen-bond donors (Lipinski definition) is 1. The summed E-state index contributed by atoms with van der Waals surface area (Å²) in [5.41, 5.74) is 0.632. The molecule has 1 aromatic carbocycles. The number of aromatic nitrogens is 1. The second kappa shape index (κ2) is 9.07. The average molecular weight is 417 g/mol. The Labute approximate surface area is 173 Å². The van der Waals surface area contributed by atoms with E-state index >= 15 is 0 Å². The van der Waals surface area contributed by atoms with Gasteiger partial charge >= 0.3 is 0 Å². The van der Waals surface area contributed by atoms with Gasteiger partial charge in [0.15, 0.2) is 0 Å². The summed E-state index contributed by atoms with van der Waals surface area (Å²) >= 11 is 6.25. The standard InChI is InChI=1S/C21H21ClN2O5/c1-28-11-5-10-24-18(16-6-3-4-9-23-16)17(20(26)21(24)27)19(25)14-12-13(29-2)7-8-15(14)22/h3-4,6-9,12,18,25H,5,10-11H2,1-2H3/b19-17+. The number of ketones is 1. The second-order valence-electron chi connectivity index (χ2n) is 6.44. The van der Waals surface area contributed by atoms with Gasteiger partial charge in [-0.25, -0.2) is 0 Å². The first-order chi connectivity index (χ1) is 14.0. The number of carbonyl (C=O) groups is 2. The van der Waals surface area contributed by atoms with E-state index in [0.717, 1.165) is 0 Å². The zero-order chi connectivity index (χ0) is 21.0. The topological polar surface area (TPSA) is 89.0 Å². The SMILES string of the molecule is COCCCN1C(=O)C(=O)/C(=C(/O)c2cc(OC)ccc2Cl)C1c1ccccn1. The van der Waals surface area contributed by atoms with Crippen molar-refractivity contribution in [3.63, 3.8) is 0 Å². The molecule has 29 heavy (non-hydrogen) atoms. The first kappa shape index (κ1) is 20.8. The Hall–Kier alpha value is -2.90. The Balaban J connectivity index is 2.15. The molecule has 0 saturated carbocycles. The smallest absolute Gasteiger partial charge is 0.295 e. The van der Waals surface area contributed by atoms with Gasteiger partial charge in [0.1, 0.15) is 17.6 Å². The summed E-state index contributed by atoms with van der Waals surface area (Å²) in [4.78, 5) is 31.3. The van der Waals surface area contributed by atoms with Gasteiger partial charge in [0.2, 0.25) is 0 Å². The van der Waals surface area contributed by atoms with E-state index in [-0.39, 0.29) is 28.5 Å². The Kier molecular flexibility index (Phi) is 6.51. The van der Waals surface area contributed by atoms with Gasteiger partial charge in [-0.3, -0.25) is 14.6 Å². The molecule has 0 aliphatic carbocycles. The van der Waals surface area contributed by atoms with Crippen molar-refractivity contribution >= 4 is 29.1 Å². The number of Topliss-reactive ketones (excluding diaryl/α,β-unsaturated/α-hetero) is 1. The maximum Gasteiger partial charge on any atom is 0.295 e. The molecule has 1 unspecified atom stereocenters. The molecule has 2 heterocycles. The molecular weight excluding hydrogens is 396 g/mol. The quantitative estimate of drug-likeness (QED) is 0.322. The molecule has 2 aromatic rings. The van der Waals surface area contributed by atoms with Crippen LogP contribution in [0.4, 0.5) is 0 Å². The second-order valence-corrected chi connectivity index (χ2v) is 6.85. The number of ether oxygens (including phenoxy) is 2. The number of aliphatic hydroxyl groups is 1. The van der Waals surface area contributed by atoms with Crippen LogP contribution in [0.25, 0.3) is 5.76 Å². The molecule has 1 saturated heterocycles. The molecule has 1 amide bonds. The number of methoxy groups -OCH3 is 2. The molecule has 1 atom stereocenters. The minimum atomic E-state index is -0.824. The number of pyridine rings is 1. The molecule has 1 fully saturated rings. The van der Waals surface area contributed by atoms with Crippen LogP contribution in [0.1, 0.15) is 23.7 Å². The van der Waals surface area contributed by atoms with Crippen LogP contribution in [0, 0.1) is 0 Å². The van der Waals surface area contributed by atoms with Crippen molar-refractivity contribution in [2.75, 3.05) is 27.4 Å². The van der Waals surface area contributed by atoms with Crippen LogP contribution in [0.15, 0.2) is 48.2 Å². The van der Waals surface area contributed by atoms with Crippen molar-refractivity contribution in [1.82, 2.24) is 9.88 Å². The van der Waals surface area contributed by atoms with E-state index in [4.69, 9.17) is 21.1 Å². The highest BCUT2D eigenvalue weighted by Gasteiger charge is 2.46. The van der Waals surface area contributed by atoms with E-state index in [1.807, 2.05) is 0 Å². The highest BCUT2D eigenvalue weighted by Crippen LogP contribution is 2.40. The summed E-state index contributed by atoms with van der Waals surface area (Å²) in [7, 11) is 3.05. The summed E-state index contributed by atoms with van der Waals surface area (Å²) in [6.45, 7) is 0.710. The molecule has 1 aliphatic rings. The molecule has 3 rings (SSSR count). The molecule has 152 valence electrons. The maximum absolute atomic E-state index is 12.9. The van der Waals surface area contributed by atoms with Gasteiger partial charge in [-0.2, -0.15) is 0 Å². The highest BCUT2D eigenvalue weighted by atomic mass is 35.5. The first-order valence-electron chi connectivity index (χ1n) is 9.01. The van der Waals surface area contributed by atoms with Crippen LogP contribution in [-0.2, 0) is 14.3 Å². The fourth-order valence-electron chi connectivity index (χ4n) is 3.29. The molecule has 0 radical (unpaired) electrons. The van der Waals surface area contributed by atoms with Gasteiger partial charge in [-0.05, 0) is 36.8 Å². The number of halogens is 1. The molecule has 0 bridgehead atoms. The Bertz CT molecular complexity index is 945. The number of rotatable bonds is 7. The predicted octanol–water partition coefficient (Wildman–Crippen LogP) is 3.20. The van der Waals surface area contributed by atoms with Crippen LogP contribution >= 0.6 is 11.6 Å². The minimum absolute atomic E-state index is 0.0544. The lowest BCUT2D eigenvalue weighted by Gasteiger charge is -2.24. The van der Waals surface area contributed by atoms with Crippen molar-refractivity contribution in [3.8, 4) is 5.75 Å². The minimum Gasteiger partial charge on any atom is -0.507 e. The fraction of sp³-hybridized carbons (Fsp3) is 0.286. The summed E-state index contributed by atoms with van der Waals surface area (Å²) < 4.78 is 10.2. The van der Waals surface area contributed by atoms with Gasteiger partial charge in [0, 0.05) is 32.0 Å². The van der Waals surface area contributed by atoms with Crippen LogP contribution in [0.5, 0.6) is 5.75 Å². The van der Waals surface area contributed by atoms with E-state index in [2.05, 4.69) is 4.98 Å². The van der Waals surface area contributed by atoms with Crippen molar-refractivity contribution in [2.45, 2.75) is 12.5 Å². The van der Waals surface area contributed by atoms with E-state index in [9.17, 15) is 14.7 Å². The fourth-order valence-corrected chi connectivity index (χ4v) is 3.50. The highest BCUT2D eigenvalue weighted by molar-refractivity contribution is 6.47.